The number of hydrogen-bond acceptors (Lipinski definition) is 2. The normalized spacial score (nSPS) is 10.6. The van der Waals surface area contributed by atoms with Crippen LogP contribution in [0.3, 0.4) is 0 Å². The van der Waals surface area contributed by atoms with Crippen LogP contribution in [-0.2, 0) is 12.8 Å². The zero-order valence-corrected chi connectivity index (χ0v) is 14.1. The highest BCUT2D eigenvalue weighted by molar-refractivity contribution is 5.62. The molecule has 1 aromatic carbocycles. The molecule has 124 valence electrons. The molecule has 0 heterocycles. The van der Waals surface area contributed by atoms with Crippen molar-refractivity contribution in [3.8, 4) is 5.75 Å². The van der Waals surface area contributed by atoms with Crippen molar-refractivity contribution >= 4 is 6.16 Å². The van der Waals surface area contributed by atoms with Crippen molar-refractivity contribution in [1.82, 2.24) is 0 Å². The van der Waals surface area contributed by atoms with Crippen LogP contribution in [0.1, 0.15) is 76.3 Å². The molecule has 0 aromatic heterocycles. The lowest BCUT2D eigenvalue weighted by Gasteiger charge is -2.13. The Balaban J connectivity index is 2.64. The molecule has 1 rings (SSSR count). The molecule has 0 aliphatic heterocycles. The third-order valence-electron chi connectivity index (χ3n) is 4.01. The second kappa shape index (κ2) is 11.1. The standard InChI is InChI=1S/C19H30O3/c1-3-5-7-8-9-10-12-16-13-11-15-18(22-19(20)21)17(16)14-6-4-2/h11,13,15H,3-10,12,14H2,1-2H3,(H,20,21). The maximum atomic E-state index is 10.8. The van der Waals surface area contributed by atoms with Crippen LogP contribution in [0.2, 0.25) is 0 Å². The molecular formula is C19H30O3. The van der Waals surface area contributed by atoms with Crippen molar-refractivity contribution in [3.05, 3.63) is 29.3 Å². The van der Waals surface area contributed by atoms with E-state index < -0.39 is 6.16 Å². The highest BCUT2D eigenvalue weighted by Crippen LogP contribution is 2.26. The summed E-state index contributed by atoms with van der Waals surface area (Å²) in [5.41, 5.74) is 2.34. The number of ether oxygens (including phenoxy) is 1. The lowest BCUT2D eigenvalue weighted by Crippen LogP contribution is -2.07. The summed E-state index contributed by atoms with van der Waals surface area (Å²) in [5.74, 6) is 0.518. The molecule has 3 nitrogen and oxygen atoms in total. The predicted molar refractivity (Wildman–Crippen MR) is 90.8 cm³/mol. The summed E-state index contributed by atoms with van der Waals surface area (Å²) in [5, 5.41) is 8.88. The Labute approximate surface area is 134 Å². The molecule has 22 heavy (non-hydrogen) atoms. The van der Waals surface area contributed by atoms with E-state index in [1.54, 1.807) is 6.07 Å². The Morgan fingerprint density at radius 1 is 0.955 bits per heavy atom. The second-order valence-electron chi connectivity index (χ2n) is 5.88. The van der Waals surface area contributed by atoms with E-state index in [0.717, 1.165) is 31.2 Å². The minimum absolute atomic E-state index is 0.518. The maximum absolute atomic E-state index is 10.8. The molecular weight excluding hydrogens is 276 g/mol. The van der Waals surface area contributed by atoms with Crippen molar-refractivity contribution in [2.24, 2.45) is 0 Å². The first-order chi connectivity index (χ1) is 10.7. The second-order valence-corrected chi connectivity index (χ2v) is 5.88. The van der Waals surface area contributed by atoms with E-state index in [1.807, 2.05) is 6.07 Å². The molecule has 0 atom stereocenters. The average Bonchev–Trinajstić information content (AvgIpc) is 2.49. The van der Waals surface area contributed by atoms with Gasteiger partial charge in [0.15, 0.2) is 0 Å². The Morgan fingerprint density at radius 3 is 2.32 bits per heavy atom. The van der Waals surface area contributed by atoms with Gasteiger partial charge in [0.25, 0.3) is 0 Å². The Bertz CT molecular complexity index is 440. The van der Waals surface area contributed by atoms with Crippen LogP contribution in [0, 0.1) is 0 Å². The molecule has 0 saturated carbocycles. The third-order valence-corrected chi connectivity index (χ3v) is 4.01. The van der Waals surface area contributed by atoms with Gasteiger partial charge in [0.05, 0.1) is 0 Å². The van der Waals surface area contributed by atoms with Crippen LogP contribution in [0.5, 0.6) is 5.75 Å². The highest BCUT2D eigenvalue weighted by Gasteiger charge is 2.12. The van der Waals surface area contributed by atoms with Gasteiger partial charge in [0, 0.05) is 0 Å². The van der Waals surface area contributed by atoms with Crippen LogP contribution in [0.15, 0.2) is 18.2 Å². The van der Waals surface area contributed by atoms with Crippen LogP contribution < -0.4 is 4.74 Å². The van der Waals surface area contributed by atoms with E-state index in [2.05, 4.69) is 19.9 Å². The van der Waals surface area contributed by atoms with Crippen molar-refractivity contribution < 1.29 is 14.6 Å². The molecule has 0 unspecified atom stereocenters. The van der Waals surface area contributed by atoms with Crippen LogP contribution in [0.25, 0.3) is 0 Å². The van der Waals surface area contributed by atoms with Gasteiger partial charge in [-0.1, -0.05) is 64.5 Å². The predicted octanol–water partition coefficient (Wildman–Crippen LogP) is 5.99. The number of hydrogen-bond donors (Lipinski definition) is 1. The molecule has 1 aromatic rings. The van der Waals surface area contributed by atoms with Crippen molar-refractivity contribution in [2.75, 3.05) is 0 Å². The fourth-order valence-electron chi connectivity index (χ4n) is 2.77. The minimum Gasteiger partial charge on any atom is -0.449 e. The summed E-state index contributed by atoms with van der Waals surface area (Å²) < 4.78 is 4.96. The van der Waals surface area contributed by atoms with Gasteiger partial charge >= 0.3 is 6.16 Å². The summed E-state index contributed by atoms with van der Waals surface area (Å²) in [6, 6.07) is 5.79. The van der Waals surface area contributed by atoms with Gasteiger partial charge in [-0.05, 0) is 42.9 Å². The van der Waals surface area contributed by atoms with Gasteiger partial charge in [-0.25, -0.2) is 4.79 Å². The Hall–Kier alpha value is -1.51. The first-order valence-corrected chi connectivity index (χ1v) is 8.70. The van der Waals surface area contributed by atoms with E-state index >= 15 is 0 Å². The van der Waals surface area contributed by atoms with Crippen molar-refractivity contribution in [3.63, 3.8) is 0 Å². The zero-order valence-electron chi connectivity index (χ0n) is 14.1. The SMILES string of the molecule is CCCCCCCCc1cccc(OC(=O)O)c1CCCC. The quantitative estimate of drug-likeness (QED) is 0.310. The summed E-state index contributed by atoms with van der Waals surface area (Å²) in [6.45, 7) is 4.38. The third kappa shape index (κ3) is 6.97. The molecule has 3 heteroatoms. The molecule has 0 amide bonds. The number of rotatable bonds is 11. The number of benzene rings is 1. The minimum atomic E-state index is -1.23. The number of aryl methyl sites for hydroxylation is 1. The molecule has 0 aliphatic carbocycles. The molecule has 0 spiro atoms. The lowest BCUT2D eigenvalue weighted by molar-refractivity contribution is 0.144. The molecule has 0 radical (unpaired) electrons. The van der Waals surface area contributed by atoms with Crippen molar-refractivity contribution in [2.45, 2.75) is 78.1 Å². The fourth-order valence-corrected chi connectivity index (χ4v) is 2.77. The van der Waals surface area contributed by atoms with Gasteiger partial charge in [0.1, 0.15) is 5.75 Å². The Kier molecular flexibility index (Phi) is 9.36. The lowest BCUT2D eigenvalue weighted by atomic mass is 9.96. The summed E-state index contributed by atoms with van der Waals surface area (Å²) in [6.07, 6.45) is 10.5. The van der Waals surface area contributed by atoms with Crippen LogP contribution >= 0.6 is 0 Å². The number of unbranched alkanes of at least 4 members (excludes halogenated alkanes) is 6. The Morgan fingerprint density at radius 2 is 1.64 bits per heavy atom. The van der Waals surface area contributed by atoms with Crippen molar-refractivity contribution in [1.29, 1.82) is 0 Å². The van der Waals surface area contributed by atoms with Gasteiger partial charge in [-0.3, -0.25) is 0 Å². The highest BCUT2D eigenvalue weighted by atomic mass is 16.7. The van der Waals surface area contributed by atoms with E-state index in [9.17, 15) is 4.79 Å². The first kappa shape index (κ1) is 18.5. The molecule has 0 aliphatic rings. The molecule has 0 saturated heterocycles. The number of carbonyl (C=O) groups is 1. The van der Waals surface area contributed by atoms with Gasteiger partial charge in [-0.15, -0.1) is 0 Å². The van der Waals surface area contributed by atoms with E-state index in [4.69, 9.17) is 9.84 Å². The van der Waals surface area contributed by atoms with Gasteiger partial charge < -0.3 is 9.84 Å². The molecule has 0 fully saturated rings. The smallest absolute Gasteiger partial charge is 0.449 e. The average molecular weight is 306 g/mol. The van der Waals surface area contributed by atoms with Gasteiger partial charge in [0.2, 0.25) is 0 Å². The summed E-state index contributed by atoms with van der Waals surface area (Å²) in [4.78, 5) is 10.8. The summed E-state index contributed by atoms with van der Waals surface area (Å²) in [7, 11) is 0. The van der Waals surface area contributed by atoms with E-state index in [0.29, 0.717) is 5.75 Å². The van der Waals surface area contributed by atoms with E-state index in [-0.39, 0.29) is 0 Å². The zero-order chi connectivity index (χ0) is 16.2. The fraction of sp³-hybridized carbons (Fsp3) is 0.632. The largest absolute Gasteiger partial charge is 0.511 e. The number of carboxylic acid groups (broad SMARTS) is 1. The van der Waals surface area contributed by atoms with Crippen LogP contribution in [-0.4, -0.2) is 11.3 Å². The molecule has 1 N–H and O–H groups in total. The molecule has 0 bridgehead atoms. The van der Waals surface area contributed by atoms with E-state index in [1.165, 1.54) is 44.1 Å². The van der Waals surface area contributed by atoms with Gasteiger partial charge in [-0.2, -0.15) is 0 Å². The topological polar surface area (TPSA) is 46.5 Å². The van der Waals surface area contributed by atoms with Crippen LogP contribution in [0.4, 0.5) is 4.79 Å². The maximum Gasteiger partial charge on any atom is 0.511 e. The monoisotopic (exact) mass is 306 g/mol. The summed E-state index contributed by atoms with van der Waals surface area (Å²) >= 11 is 0. The first-order valence-electron chi connectivity index (χ1n) is 8.70.